The Morgan fingerprint density at radius 1 is 1.20 bits per heavy atom. The third-order valence-corrected chi connectivity index (χ3v) is 1.00. The average Bonchev–Trinajstić information content (AvgIpc) is 1.82. The summed E-state index contributed by atoms with van der Waals surface area (Å²) in [6.45, 7) is 5.42. The van der Waals surface area contributed by atoms with Crippen LogP contribution in [0.4, 0.5) is 0 Å². The second kappa shape index (κ2) is 3.88. The zero-order valence-corrected chi connectivity index (χ0v) is 6.51. The van der Waals surface area contributed by atoms with E-state index in [0.717, 1.165) is 5.57 Å². The molecule has 1 N–H and O–H groups in total. The predicted molar refractivity (Wildman–Crippen MR) is 40.8 cm³/mol. The monoisotopic (exact) mass is 140 g/mol. The topological polar surface area (TPSA) is 37.3 Å². The molecule has 0 aromatic carbocycles. The fourth-order valence-electron chi connectivity index (χ4n) is 0.363. The molecule has 0 radical (unpaired) electrons. The Labute approximate surface area is 60.9 Å². The minimum absolute atomic E-state index is 0.362. The van der Waals surface area contributed by atoms with E-state index in [0.29, 0.717) is 5.57 Å². The summed E-state index contributed by atoms with van der Waals surface area (Å²) in [4.78, 5) is 10.2. The summed E-state index contributed by atoms with van der Waals surface area (Å²) in [5.41, 5.74) is 1.46. The van der Waals surface area contributed by atoms with Gasteiger partial charge in [-0.1, -0.05) is 17.7 Å². The second-order valence-electron chi connectivity index (χ2n) is 2.40. The van der Waals surface area contributed by atoms with Gasteiger partial charge in [-0.3, -0.25) is 0 Å². The Morgan fingerprint density at radius 2 is 1.70 bits per heavy atom. The Morgan fingerprint density at radius 3 is 2.00 bits per heavy atom. The maximum Gasteiger partial charge on any atom is 0.331 e. The summed E-state index contributed by atoms with van der Waals surface area (Å²) in [5.74, 6) is -0.863. The van der Waals surface area contributed by atoms with Crippen LogP contribution < -0.4 is 0 Å². The van der Waals surface area contributed by atoms with E-state index in [1.54, 1.807) is 19.1 Å². The molecule has 10 heavy (non-hydrogen) atoms. The van der Waals surface area contributed by atoms with Gasteiger partial charge in [0.2, 0.25) is 0 Å². The summed E-state index contributed by atoms with van der Waals surface area (Å²) < 4.78 is 0. The van der Waals surface area contributed by atoms with Crippen LogP contribution in [0.3, 0.4) is 0 Å². The first-order valence-corrected chi connectivity index (χ1v) is 3.09. The molecule has 0 spiro atoms. The smallest absolute Gasteiger partial charge is 0.331 e. The van der Waals surface area contributed by atoms with Gasteiger partial charge in [0.25, 0.3) is 0 Å². The van der Waals surface area contributed by atoms with Crippen molar-refractivity contribution < 1.29 is 9.90 Å². The van der Waals surface area contributed by atoms with E-state index < -0.39 is 5.97 Å². The van der Waals surface area contributed by atoms with E-state index >= 15 is 0 Å². The zero-order chi connectivity index (χ0) is 8.15. The van der Waals surface area contributed by atoms with Crippen molar-refractivity contribution in [2.75, 3.05) is 0 Å². The maximum absolute atomic E-state index is 10.2. The molecule has 0 saturated carbocycles. The summed E-state index contributed by atoms with van der Waals surface area (Å²) in [7, 11) is 0. The molecule has 0 amide bonds. The maximum atomic E-state index is 10.2. The molecule has 56 valence electrons. The third-order valence-electron chi connectivity index (χ3n) is 1.00. The van der Waals surface area contributed by atoms with Crippen molar-refractivity contribution in [1.29, 1.82) is 0 Å². The Balaban J connectivity index is 4.19. The standard InChI is InChI=1S/C8H12O2/c1-6(2)4-5-7(3)8(9)10/h4-5H,1-3H3,(H,9,10)/b7-5-. The molecule has 0 saturated heterocycles. The van der Waals surface area contributed by atoms with Gasteiger partial charge in [0, 0.05) is 5.57 Å². The molecule has 0 aliphatic heterocycles. The number of carboxylic acids is 1. The van der Waals surface area contributed by atoms with Gasteiger partial charge in [0.1, 0.15) is 0 Å². The van der Waals surface area contributed by atoms with Gasteiger partial charge in [-0.15, -0.1) is 0 Å². The molecule has 2 heteroatoms. The Kier molecular flexibility index (Phi) is 3.47. The van der Waals surface area contributed by atoms with Crippen LogP contribution in [-0.2, 0) is 4.79 Å². The van der Waals surface area contributed by atoms with Crippen LogP contribution in [0.5, 0.6) is 0 Å². The lowest BCUT2D eigenvalue weighted by molar-refractivity contribution is -0.132. The number of carboxylic acid groups (broad SMARTS) is 1. The zero-order valence-electron chi connectivity index (χ0n) is 6.51. The van der Waals surface area contributed by atoms with E-state index in [1.807, 2.05) is 13.8 Å². The van der Waals surface area contributed by atoms with Gasteiger partial charge < -0.3 is 5.11 Å². The van der Waals surface area contributed by atoms with Gasteiger partial charge in [0.05, 0.1) is 0 Å². The molecule has 0 aromatic rings. The molecule has 0 bridgehead atoms. The van der Waals surface area contributed by atoms with Gasteiger partial charge in [-0.25, -0.2) is 4.79 Å². The lowest BCUT2D eigenvalue weighted by Crippen LogP contribution is -1.94. The normalized spacial score (nSPS) is 10.9. The van der Waals surface area contributed by atoms with Crippen LogP contribution in [0.15, 0.2) is 23.3 Å². The van der Waals surface area contributed by atoms with Crippen molar-refractivity contribution in [3.8, 4) is 0 Å². The average molecular weight is 140 g/mol. The van der Waals surface area contributed by atoms with Gasteiger partial charge in [-0.05, 0) is 20.8 Å². The lowest BCUT2D eigenvalue weighted by Gasteiger charge is -1.88. The van der Waals surface area contributed by atoms with Crippen LogP contribution in [0, 0.1) is 0 Å². The molecule has 0 rings (SSSR count). The summed E-state index contributed by atoms with van der Waals surface area (Å²) in [6, 6.07) is 0. The minimum Gasteiger partial charge on any atom is -0.478 e. The van der Waals surface area contributed by atoms with E-state index in [9.17, 15) is 4.79 Å². The first kappa shape index (κ1) is 8.95. The molecule has 0 unspecified atom stereocenters. The fraction of sp³-hybridized carbons (Fsp3) is 0.375. The largest absolute Gasteiger partial charge is 0.478 e. The number of carbonyl (C=O) groups is 1. The van der Waals surface area contributed by atoms with Crippen LogP contribution in [-0.4, -0.2) is 11.1 Å². The van der Waals surface area contributed by atoms with Gasteiger partial charge in [0.15, 0.2) is 0 Å². The first-order valence-electron chi connectivity index (χ1n) is 3.09. The first-order chi connectivity index (χ1) is 4.54. The molecule has 0 atom stereocenters. The van der Waals surface area contributed by atoms with Crippen LogP contribution in [0.1, 0.15) is 20.8 Å². The molecule has 0 aliphatic carbocycles. The molecule has 0 aromatic heterocycles. The third kappa shape index (κ3) is 3.89. The van der Waals surface area contributed by atoms with Crippen molar-refractivity contribution in [1.82, 2.24) is 0 Å². The van der Waals surface area contributed by atoms with E-state index in [4.69, 9.17) is 5.11 Å². The Bertz CT molecular complexity index is 183. The van der Waals surface area contributed by atoms with E-state index in [-0.39, 0.29) is 0 Å². The van der Waals surface area contributed by atoms with Crippen LogP contribution in [0.2, 0.25) is 0 Å². The summed E-state index contributed by atoms with van der Waals surface area (Å²) >= 11 is 0. The lowest BCUT2D eigenvalue weighted by atomic mass is 10.2. The van der Waals surface area contributed by atoms with Crippen LogP contribution >= 0.6 is 0 Å². The number of hydrogen-bond donors (Lipinski definition) is 1. The van der Waals surface area contributed by atoms with Gasteiger partial charge in [-0.2, -0.15) is 0 Å². The molecule has 0 aliphatic rings. The highest BCUT2D eigenvalue weighted by Crippen LogP contribution is 1.95. The SMILES string of the molecule is CC(C)=C/C=C(/C)C(=O)O. The summed E-state index contributed by atoms with van der Waals surface area (Å²) in [5, 5.41) is 8.40. The highest BCUT2D eigenvalue weighted by atomic mass is 16.4. The van der Waals surface area contributed by atoms with Crippen molar-refractivity contribution >= 4 is 5.97 Å². The van der Waals surface area contributed by atoms with Gasteiger partial charge >= 0.3 is 5.97 Å². The molecular weight excluding hydrogens is 128 g/mol. The minimum atomic E-state index is -0.863. The van der Waals surface area contributed by atoms with E-state index in [1.165, 1.54) is 0 Å². The second-order valence-corrected chi connectivity index (χ2v) is 2.40. The number of allylic oxidation sites excluding steroid dienone is 3. The predicted octanol–water partition coefficient (Wildman–Crippen LogP) is 1.98. The fourth-order valence-corrected chi connectivity index (χ4v) is 0.363. The van der Waals surface area contributed by atoms with Crippen molar-refractivity contribution in [3.63, 3.8) is 0 Å². The number of hydrogen-bond acceptors (Lipinski definition) is 1. The number of rotatable bonds is 2. The van der Waals surface area contributed by atoms with Crippen LogP contribution in [0.25, 0.3) is 0 Å². The van der Waals surface area contributed by atoms with E-state index in [2.05, 4.69) is 0 Å². The molecule has 0 heterocycles. The quantitative estimate of drug-likeness (QED) is 0.470. The molecule has 2 nitrogen and oxygen atoms in total. The highest BCUT2D eigenvalue weighted by Gasteiger charge is 1.95. The Hall–Kier alpha value is -1.05. The molecular formula is C8H12O2. The van der Waals surface area contributed by atoms with Crippen molar-refractivity contribution in [2.24, 2.45) is 0 Å². The highest BCUT2D eigenvalue weighted by molar-refractivity contribution is 5.86. The molecule has 0 fully saturated rings. The summed E-state index contributed by atoms with van der Waals surface area (Å²) in [6.07, 6.45) is 3.38. The van der Waals surface area contributed by atoms with Crippen molar-refractivity contribution in [2.45, 2.75) is 20.8 Å². The van der Waals surface area contributed by atoms with Crippen molar-refractivity contribution in [3.05, 3.63) is 23.3 Å². The number of aliphatic carboxylic acids is 1.